The van der Waals surface area contributed by atoms with Crippen LogP contribution in [0.15, 0.2) is 41.8 Å². The fourth-order valence-electron chi connectivity index (χ4n) is 2.09. The van der Waals surface area contributed by atoms with Gasteiger partial charge in [-0.2, -0.15) is 5.26 Å². The Morgan fingerprint density at radius 3 is 2.68 bits per heavy atom. The second-order valence-corrected chi connectivity index (χ2v) is 5.89. The number of benzene rings is 1. The van der Waals surface area contributed by atoms with E-state index >= 15 is 0 Å². The van der Waals surface area contributed by atoms with Crippen LogP contribution in [0.25, 0.3) is 0 Å². The van der Waals surface area contributed by atoms with Gasteiger partial charge in [0.15, 0.2) is 0 Å². The molecular weight excluding hydrogens is 278 g/mol. The highest BCUT2D eigenvalue weighted by atomic mass is 35.5. The second kappa shape index (κ2) is 5.56. The van der Waals surface area contributed by atoms with Crippen molar-refractivity contribution in [2.45, 2.75) is 18.8 Å². The van der Waals surface area contributed by atoms with Crippen LogP contribution in [0.4, 0.5) is 0 Å². The molecule has 19 heavy (non-hydrogen) atoms. The molecule has 0 N–H and O–H groups in total. The Bertz CT molecular complexity index is 630. The van der Waals surface area contributed by atoms with E-state index in [0.717, 1.165) is 4.88 Å². The molecule has 1 atom stereocenters. The molecule has 0 aliphatic carbocycles. The average Bonchev–Trinajstić information content (AvgIpc) is 2.91. The molecule has 0 fully saturated rings. The summed E-state index contributed by atoms with van der Waals surface area (Å²) in [6.45, 7) is 1.79. The fraction of sp³-hybridized carbons (Fsp3) is 0.200. The van der Waals surface area contributed by atoms with E-state index in [4.69, 9.17) is 11.6 Å². The van der Waals surface area contributed by atoms with E-state index < -0.39 is 10.7 Å². The van der Waals surface area contributed by atoms with Crippen LogP contribution in [-0.4, -0.2) is 5.24 Å². The first kappa shape index (κ1) is 13.8. The molecule has 0 radical (unpaired) electrons. The largest absolute Gasteiger partial charge is 0.280 e. The monoisotopic (exact) mass is 289 g/mol. The lowest BCUT2D eigenvalue weighted by atomic mass is 9.78. The van der Waals surface area contributed by atoms with Crippen molar-refractivity contribution in [1.29, 1.82) is 5.26 Å². The average molecular weight is 290 g/mol. The minimum absolute atomic E-state index is 0.441. The number of hydrogen-bond acceptors (Lipinski definition) is 3. The Morgan fingerprint density at radius 1 is 1.37 bits per heavy atom. The van der Waals surface area contributed by atoms with Gasteiger partial charge >= 0.3 is 0 Å². The number of rotatable bonds is 4. The molecule has 0 amide bonds. The quantitative estimate of drug-likeness (QED) is 0.801. The molecule has 0 bridgehead atoms. The second-order valence-electron chi connectivity index (χ2n) is 4.52. The van der Waals surface area contributed by atoms with Gasteiger partial charge in [-0.05, 0) is 48.0 Å². The topological polar surface area (TPSA) is 40.9 Å². The van der Waals surface area contributed by atoms with Crippen LogP contribution < -0.4 is 0 Å². The van der Waals surface area contributed by atoms with Crippen LogP contribution in [0, 0.1) is 11.3 Å². The number of halogens is 1. The lowest BCUT2D eigenvalue weighted by Gasteiger charge is -2.26. The van der Waals surface area contributed by atoms with Crippen LogP contribution in [0.2, 0.25) is 0 Å². The maximum Gasteiger partial charge on any atom is 0.232 e. The van der Waals surface area contributed by atoms with Crippen molar-refractivity contribution in [2.24, 2.45) is 0 Å². The summed E-state index contributed by atoms with van der Waals surface area (Å²) in [6.07, 6.45) is 0.506. The van der Waals surface area contributed by atoms with Crippen LogP contribution in [0.5, 0.6) is 0 Å². The molecule has 0 saturated carbocycles. The minimum Gasteiger partial charge on any atom is -0.280 e. The van der Waals surface area contributed by atoms with Crippen LogP contribution >= 0.6 is 22.9 Å². The highest BCUT2D eigenvalue weighted by Crippen LogP contribution is 2.34. The molecule has 1 unspecified atom stereocenters. The maximum absolute atomic E-state index is 11.9. The van der Waals surface area contributed by atoms with Gasteiger partial charge < -0.3 is 0 Å². The smallest absolute Gasteiger partial charge is 0.232 e. The van der Waals surface area contributed by atoms with E-state index in [9.17, 15) is 10.1 Å². The molecule has 0 aliphatic rings. The molecule has 0 spiro atoms. The highest BCUT2D eigenvalue weighted by Gasteiger charge is 2.36. The number of carbonyl (C=O) groups is 1. The van der Waals surface area contributed by atoms with Gasteiger partial charge in [-0.15, -0.1) is 11.3 Å². The predicted molar refractivity (Wildman–Crippen MR) is 77.4 cm³/mol. The van der Waals surface area contributed by atoms with E-state index in [0.29, 0.717) is 17.5 Å². The molecule has 1 aromatic heterocycles. The van der Waals surface area contributed by atoms with Crippen molar-refractivity contribution in [3.05, 3.63) is 57.8 Å². The summed E-state index contributed by atoms with van der Waals surface area (Å²) in [4.78, 5) is 13.0. The molecule has 96 valence electrons. The molecule has 1 aromatic carbocycles. The SMILES string of the molecule is CC(Cc1cccs1)(C(=O)Cl)c1ccccc1C#N. The van der Waals surface area contributed by atoms with Gasteiger partial charge in [0, 0.05) is 4.88 Å². The lowest BCUT2D eigenvalue weighted by molar-refractivity contribution is -0.116. The van der Waals surface area contributed by atoms with Crippen molar-refractivity contribution in [2.75, 3.05) is 0 Å². The molecule has 4 heteroatoms. The molecule has 2 aromatic rings. The molecule has 1 heterocycles. The van der Waals surface area contributed by atoms with Gasteiger partial charge in [-0.25, -0.2) is 0 Å². The Hall–Kier alpha value is -1.63. The van der Waals surface area contributed by atoms with Gasteiger partial charge in [0.05, 0.1) is 17.0 Å². The summed E-state index contributed by atoms with van der Waals surface area (Å²) in [5.74, 6) is 0. The van der Waals surface area contributed by atoms with Crippen molar-refractivity contribution < 1.29 is 4.79 Å². The fourth-order valence-corrected chi connectivity index (χ4v) is 3.12. The maximum atomic E-state index is 11.9. The zero-order valence-electron chi connectivity index (χ0n) is 10.4. The Labute approximate surface area is 121 Å². The molecular formula is C15H12ClNOS. The zero-order valence-corrected chi connectivity index (χ0v) is 12.0. The van der Waals surface area contributed by atoms with E-state index in [1.54, 1.807) is 36.5 Å². The summed E-state index contributed by atoms with van der Waals surface area (Å²) in [5.41, 5.74) is 0.306. The van der Waals surface area contributed by atoms with Gasteiger partial charge in [0.1, 0.15) is 0 Å². The summed E-state index contributed by atoms with van der Waals surface area (Å²) in [7, 11) is 0. The van der Waals surface area contributed by atoms with Gasteiger partial charge in [0.25, 0.3) is 0 Å². The number of thiophene rings is 1. The number of carbonyl (C=O) groups excluding carboxylic acids is 1. The first-order chi connectivity index (χ1) is 9.08. The summed E-state index contributed by atoms with van der Waals surface area (Å²) < 4.78 is 0. The van der Waals surface area contributed by atoms with Gasteiger partial charge in [-0.3, -0.25) is 4.79 Å². The Kier molecular flexibility index (Phi) is 4.04. The van der Waals surface area contributed by atoms with Crippen LogP contribution in [0.1, 0.15) is 22.9 Å². The van der Waals surface area contributed by atoms with E-state index in [1.165, 1.54) is 0 Å². The van der Waals surface area contributed by atoms with Gasteiger partial charge in [-0.1, -0.05) is 24.3 Å². The predicted octanol–water partition coefficient (Wildman–Crippen LogP) is 3.89. The molecule has 0 saturated heterocycles. The first-order valence-corrected chi connectivity index (χ1v) is 7.05. The molecule has 0 aliphatic heterocycles. The lowest BCUT2D eigenvalue weighted by Crippen LogP contribution is -2.32. The van der Waals surface area contributed by atoms with Crippen molar-refractivity contribution in [1.82, 2.24) is 0 Å². The number of nitriles is 1. The van der Waals surface area contributed by atoms with Crippen molar-refractivity contribution in [3.8, 4) is 6.07 Å². The van der Waals surface area contributed by atoms with E-state index in [-0.39, 0.29) is 0 Å². The third-order valence-corrected chi connectivity index (χ3v) is 4.48. The number of hydrogen-bond donors (Lipinski definition) is 0. The van der Waals surface area contributed by atoms with Gasteiger partial charge in [0.2, 0.25) is 5.24 Å². The molecule has 2 nitrogen and oxygen atoms in total. The highest BCUT2D eigenvalue weighted by molar-refractivity contribution is 7.09. The standard InChI is InChI=1S/C15H12ClNOS/c1-15(14(16)18,9-12-6-4-8-19-12)13-7-3-2-5-11(13)10-17/h2-8H,9H2,1H3. The third-order valence-electron chi connectivity index (χ3n) is 3.18. The van der Waals surface area contributed by atoms with Crippen LogP contribution in [0.3, 0.4) is 0 Å². The summed E-state index contributed by atoms with van der Waals surface area (Å²) >= 11 is 7.40. The summed E-state index contributed by atoms with van der Waals surface area (Å²) in [6, 6.07) is 13.2. The Balaban J connectivity index is 2.51. The van der Waals surface area contributed by atoms with E-state index in [1.807, 2.05) is 23.6 Å². The number of nitrogens with zero attached hydrogens (tertiary/aromatic N) is 1. The normalized spacial score (nSPS) is 13.5. The van der Waals surface area contributed by atoms with E-state index in [2.05, 4.69) is 6.07 Å². The minimum atomic E-state index is -0.876. The van der Waals surface area contributed by atoms with Crippen molar-refractivity contribution in [3.63, 3.8) is 0 Å². The summed E-state index contributed by atoms with van der Waals surface area (Å²) in [5, 5.41) is 10.7. The van der Waals surface area contributed by atoms with Crippen molar-refractivity contribution >= 4 is 28.2 Å². The third kappa shape index (κ3) is 2.70. The Morgan fingerprint density at radius 2 is 2.11 bits per heavy atom. The molecule has 2 rings (SSSR count). The zero-order chi connectivity index (χ0) is 13.9. The van der Waals surface area contributed by atoms with Crippen LogP contribution in [-0.2, 0) is 16.6 Å². The first-order valence-electron chi connectivity index (χ1n) is 5.80.